The summed E-state index contributed by atoms with van der Waals surface area (Å²) in [7, 11) is 0. The van der Waals surface area contributed by atoms with Crippen molar-refractivity contribution in [1.82, 2.24) is 9.97 Å². The summed E-state index contributed by atoms with van der Waals surface area (Å²) in [5, 5.41) is 0. The molecule has 2 aliphatic rings. The highest BCUT2D eigenvalue weighted by Crippen LogP contribution is 2.34. The van der Waals surface area contributed by atoms with E-state index in [9.17, 15) is 0 Å². The molecule has 1 aliphatic carbocycles. The van der Waals surface area contributed by atoms with Crippen molar-refractivity contribution < 1.29 is 0 Å². The second-order valence-electron chi connectivity index (χ2n) is 7.29. The summed E-state index contributed by atoms with van der Waals surface area (Å²) in [4.78, 5) is 12.0. The molecule has 1 aromatic carbocycles. The Morgan fingerprint density at radius 3 is 2.61 bits per heavy atom. The zero-order chi connectivity index (χ0) is 16.0. The summed E-state index contributed by atoms with van der Waals surface area (Å²) in [5.41, 5.74) is 11.9. The molecular formula is C19H24N4. The Morgan fingerprint density at radius 2 is 1.91 bits per heavy atom. The summed E-state index contributed by atoms with van der Waals surface area (Å²) in [5.74, 6) is 0.907. The average Bonchev–Trinajstić information content (AvgIpc) is 2.92. The molecule has 2 N–H and O–H groups in total. The Labute approximate surface area is 137 Å². The lowest BCUT2D eigenvalue weighted by Crippen LogP contribution is -2.38. The number of nitrogens with two attached hydrogens (primary N) is 1. The van der Waals surface area contributed by atoms with Gasteiger partial charge in [0.25, 0.3) is 0 Å². The third-order valence-electron chi connectivity index (χ3n) is 4.94. The van der Waals surface area contributed by atoms with Crippen LogP contribution in [0.25, 0.3) is 11.3 Å². The van der Waals surface area contributed by atoms with Crippen molar-refractivity contribution in [2.45, 2.75) is 45.1 Å². The quantitative estimate of drug-likeness (QED) is 0.947. The van der Waals surface area contributed by atoms with Crippen LogP contribution in [0.15, 0.2) is 24.3 Å². The molecule has 120 valence electrons. The van der Waals surface area contributed by atoms with Crippen molar-refractivity contribution in [2.24, 2.45) is 5.73 Å². The topological polar surface area (TPSA) is 55.0 Å². The van der Waals surface area contributed by atoms with E-state index in [1.807, 2.05) is 13.8 Å². The van der Waals surface area contributed by atoms with Crippen molar-refractivity contribution in [3.8, 4) is 11.3 Å². The van der Waals surface area contributed by atoms with Gasteiger partial charge in [0.15, 0.2) is 0 Å². The van der Waals surface area contributed by atoms with Gasteiger partial charge in [0.1, 0.15) is 0 Å². The monoisotopic (exact) mass is 308 g/mol. The SMILES string of the molecule is CC(C)(N)c1cccc(-c2nc(N3CCC3)nc3c2CCC3)c1. The van der Waals surface area contributed by atoms with Crippen LogP contribution >= 0.6 is 0 Å². The van der Waals surface area contributed by atoms with Crippen LogP contribution in [-0.4, -0.2) is 23.1 Å². The molecule has 0 atom stereocenters. The Bertz CT molecular complexity index is 742. The molecule has 0 saturated carbocycles. The molecule has 1 fully saturated rings. The van der Waals surface area contributed by atoms with E-state index >= 15 is 0 Å². The van der Waals surface area contributed by atoms with Gasteiger partial charge in [0, 0.05) is 35.4 Å². The van der Waals surface area contributed by atoms with Crippen LogP contribution in [-0.2, 0) is 18.4 Å². The summed E-state index contributed by atoms with van der Waals surface area (Å²) < 4.78 is 0. The van der Waals surface area contributed by atoms with Crippen LogP contribution in [0.2, 0.25) is 0 Å². The van der Waals surface area contributed by atoms with Crippen molar-refractivity contribution in [2.75, 3.05) is 18.0 Å². The van der Waals surface area contributed by atoms with Crippen molar-refractivity contribution in [1.29, 1.82) is 0 Å². The van der Waals surface area contributed by atoms with E-state index in [0.29, 0.717) is 0 Å². The molecule has 4 nitrogen and oxygen atoms in total. The standard InChI is InChI=1S/C19H24N4/c1-19(2,20)14-7-3-6-13(12-14)17-15-8-4-9-16(15)21-18(22-17)23-10-5-11-23/h3,6-7,12H,4-5,8-11,20H2,1-2H3. The maximum atomic E-state index is 6.28. The van der Waals surface area contributed by atoms with E-state index in [1.54, 1.807) is 0 Å². The average molecular weight is 308 g/mol. The van der Waals surface area contributed by atoms with Gasteiger partial charge in [0.05, 0.1) is 5.69 Å². The van der Waals surface area contributed by atoms with E-state index in [-0.39, 0.29) is 5.54 Å². The van der Waals surface area contributed by atoms with Gasteiger partial charge in [-0.25, -0.2) is 9.97 Å². The lowest BCUT2D eigenvalue weighted by molar-refractivity contribution is 0.554. The van der Waals surface area contributed by atoms with E-state index in [4.69, 9.17) is 15.7 Å². The summed E-state index contributed by atoms with van der Waals surface area (Å²) in [6, 6.07) is 8.53. The number of anilines is 1. The fourth-order valence-corrected chi connectivity index (χ4v) is 3.38. The normalized spacial score (nSPS) is 17.1. The largest absolute Gasteiger partial charge is 0.341 e. The molecule has 4 heteroatoms. The zero-order valence-electron chi connectivity index (χ0n) is 14.0. The Morgan fingerprint density at radius 1 is 1.09 bits per heavy atom. The molecule has 2 heterocycles. The molecule has 0 bridgehead atoms. The van der Waals surface area contributed by atoms with Gasteiger partial charge in [-0.05, 0) is 51.2 Å². The first-order valence-corrected chi connectivity index (χ1v) is 8.57. The van der Waals surface area contributed by atoms with Gasteiger partial charge < -0.3 is 10.6 Å². The van der Waals surface area contributed by atoms with Crippen LogP contribution in [0.5, 0.6) is 0 Å². The van der Waals surface area contributed by atoms with Gasteiger partial charge in [-0.15, -0.1) is 0 Å². The molecule has 0 amide bonds. The zero-order valence-corrected chi connectivity index (χ0v) is 14.0. The molecule has 0 spiro atoms. The third-order valence-corrected chi connectivity index (χ3v) is 4.94. The fourth-order valence-electron chi connectivity index (χ4n) is 3.38. The Kier molecular flexibility index (Phi) is 3.38. The number of aromatic nitrogens is 2. The van der Waals surface area contributed by atoms with Gasteiger partial charge >= 0.3 is 0 Å². The molecule has 1 aliphatic heterocycles. The molecule has 2 aromatic rings. The molecule has 1 saturated heterocycles. The van der Waals surface area contributed by atoms with Crippen LogP contribution in [0.3, 0.4) is 0 Å². The second-order valence-corrected chi connectivity index (χ2v) is 7.29. The third kappa shape index (κ3) is 2.61. The molecule has 0 unspecified atom stereocenters. The van der Waals surface area contributed by atoms with E-state index < -0.39 is 0 Å². The first kappa shape index (κ1) is 14.6. The minimum atomic E-state index is -0.341. The number of nitrogens with zero attached hydrogens (tertiary/aromatic N) is 3. The van der Waals surface area contributed by atoms with Gasteiger partial charge in [-0.2, -0.15) is 0 Å². The molecule has 1 aromatic heterocycles. The van der Waals surface area contributed by atoms with Crippen molar-refractivity contribution in [3.63, 3.8) is 0 Å². The molecule has 23 heavy (non-hydrogen) atoms. The molecule has 4 rings (SSSR count). The lowest BCUT2D eigenvalue weighted by Gasteiger charge is -2.31. The summed E-state index contributed by atoms with van der Waals surface area (Å²) in [6.45, 7) is 6.24. The molecular weight excluding hydrogens is 284 g/mol. The van der Waals surface area contributed by atoms with Crippen LogP contribution in [0, 0.1) is 0 Å². The van der Waals surface area contributed by atoms with Gasteiger partial charge in [-0.1, -0.05) is 18.2 Å². The minimum Gasteiger partial charge on any atom is -0.341 e. The predicted octanol–water partition coefficient (Wildman–Crippen LogP) is 3.04. The highest BCUT2D eigenvalue weighted by atomic mass is 15.3. The van der Waals surface area contributed by atoms with Crippen LogP contribution in [0.4, 0.5) is 5.95 Å². The van der Waals surface area contributed by atoms with Gasteiger partial charge in [0.2, 0.25) is 5.95 Å². The molecule has 0 radical (unpaired) electrons. The number of benzene rings is 1. The fraction of sp³-hybridized carbons (Fsp3) is 0.474. The summed E-state index contributed by atoms with van der Waals surface area (Å²) in [6.07, 6.45) is 4.59. The number of rotatable bonds is 3. The maximum absolute atomic E-state index is 6.28. The highest BCUT2D eigenvalue weighted by molar-refractivity contribution is 5.67. The van der Waals surface area contributed by atoms with Crippen molar-refractivity contribution >= 4 is 5.95 Å². The number of aryl methyl sites for hydroxylation is 1. The van der Waals surface area contributed by atoms with Crippen LogP contribution < -0.4 is 10.6 Å². The highest BCUT2D eigenvalue weighted by Gasteiger charge is 2.25. The van der Waals surface area contributed by atoms with E-state index in [1.165, 1.54) is 29.7 Å². The number of hydrogen-bond donors (Lipinski definition) is 1. The minimum absolute atomic E-state index is 0.341. The Hall–Kier alpha value is -1.94. The summed E-state index contributed by atoms with van der Waals surface area (Å²) >= 11 is 0. The van der Waals surface area contributed by atoms with Crippen LogP contribution in [0.1, 0.15) is 43.5 Å². The van der Waals surface area contributed by atoms with E-state index in [0.717, 1.165) is 43.1 Å². The number of fused-ring (bicyclic) bond motifs is 1. The first-order valence-electron chi connectivity index (χ1n) is 8.57. The van der Waals surface area contributed by atoms with Gasteiger partial charge in [-0.3, -0.25) is 0 Å². The number of hydrogen-bond acceptors (Lipinski definition) is 4. The second kappa shape index (κ2) is 5.31. The smallest absolute Gasteiger partial charge is 0.226 e. The maximum Gasteiger partial charge on any atom is 0.226 e. The Balaban J connectivity index is 1.83. The predicted molar refractivity (Wildman–Crippen MR) is 93.5 cm³/mol. The van der Waals surface area contributed by atoms with E-state index in [2.05, 4.69) is 29.2 Å². The first-order chi connectivity index (χ1) is 11.0. The van der Waals surface area contributed by atoms with Crippen molar-refractivity contribution in [3.05, 3.63) is 41.1 Å². The lowest BCUT2D eigenvalue weighted by atomic mass is 9.92.